The number of rotatable bonds is 1. The average Bonchev–Trinajstić information content (AvgIpc) is 2.48. The van der Waals surface area contributed by atoms with Gasteiger partial charge in [0.15, 0.2) is 0 Å². The van der Waals surface area contributed by atoms with Gasteiger partial charge in [0.1, 0.15) is 0 Å². The van der Waals surface area contributed by atoms with Gasteiger partial charge in [-0.2, -0.15) is 0 Å². The van der Waals surface area contributed by atoms with Crippen LogP contribution in [0.2, 0.25) is 0 Å². The first kappa shape index (κ1) is 8.25. The number of hydrogen-bond acceptors (Lipinski definition) is 2. The average molecular weight is 241 g/mol. The number of aromatic amines is 1. The van der Waals surface area contributed by atoms with Gasteiger partial charge in [-0.1, -0.05) is 6.07 Å². The van der Waals surface area contributed by atoms with Crippen molar-refractivity contribution in [2.24, 2.45) is 0 Å². The number of hydrogen-bond donors (Lipinski definition) is 1. The zero-order valence-electron chi connectivity index (χ0n) is 6.45. The van der Waals surface area contributed by atoms with Crippen molar-refractivity contribution in [3.05, 3.63) is 39.0 Å². The fraction of sp³-hybridized carbons (Fsp3) is 0. The molecular weight excluding hydrogens is 236 g/mol. The second kappa shape index (κ2) is 2.85. The molecule has 1 heterocycles. The molecule has 5 heteroatoms. The van der Waals surface area contributed by atoms with E-state index in [9.17, 15) is 10.1 Å². The van der Waals surface area contributed by atoms with Gasteiger partial charge in [-0.15, -0.1) is 0 Å². The fourth-order valence-corrected chi connectivity index (χ4v) is 1.81. The van der Waals surface area contributed by atoms with Crippen LogP contribution in [0.25, 0.3) is 10.9 Å². The Bertz CT molecular complexity index is 478. The second-order valence-electron chi connectivity index (χ2n) is 2.59. The number of fused-ring (bicyclic) bond motifs is 1. The fourth-order valence-electron chi connectivity index (χ4n) is 1.28. The molecular formula is C8H5BrN2O2. The van der Waals surface area contributed by atoms with E-state index in [1.165, 1.54) is 6.07 Å². The number of halogens is 1. The number of aromatic nitrogens is 1. The van der Waals surface area contributed by atoms with Crippen molar-refractivity contribution >= 4 is 32.5 Å². The highest BCUT2D eigenvalue weighted by atomic mass is 79.9. The van der Waals surface area contributed by atoms with Crippen LogP contribution in [0.3, 0.4) is 0 Å². The van der Waals surface area contributed by atoms with Crippen molar-refractivity contribution in [3.63, 3.8) is 0 Å². The molecule has 1 aromatic carbocycles. The molecule has 0 aliphatic rings. The van der Waals surface area contributed by atoms with Crippen LogP contribution in [-0.4, -0.2) is 9.91 Å². The number of nitro groups is 1. The quantitative estimate of drug-likeness (QED) is 0.616. The van der Waals surface area contributed by atoms with E-state index in [1.54, 1.807) is 18.3 Å². The monoisotopic (exact) mass is 240 g/mol. The Kier molecular flexibility index (Phi) is 1.81. The number of non-ortho nitro benzene ring substituents is 1. The molecule has 1 N–H and O–H groups in total. The summed E-state index contributed by atoms with van der Waals surface area (Å²) in [5.74, 6) is 0. The van der Waals surface area contributed by atoms with Gasteiger partial charge in [0, 0.05) is 16.7 Å². The molecule has 0 amide bonds. The van der Waals surface area contributed by atoms with Gasteiger partial charge in [0.2, 0.25) is 0 Å². The minimum Gasteiger partial charge on any atom is -0.360 e. The zero-order valence-corrected chi connectivity index (χ0v) is 8.04. The summed E-state index contributed by atoms with van der Waals surface area (Å²) in [6.45, 7) is 0. The summed E-state index contributed by atoms with van der Waals surface area (Å²) in [7, 11) is 0. The van der Waals surface area contributed by atoms with E-state index in [2.05, 4.69) is 20.9 Å². The predicted octanol–water partition coefficient (Wildman–Crippen LogP) is 2.84. The Morgan fingerprint density at radius 1 is 1.46 bits per heavy atom. The number of nitro benzene ring substituents is 1. The maximum atomic E-state index is 10.6. The third kappa shape index (κ3) is 1.21. The van der Waals surface area contributed by atoms with Crippen LogP contribution in [0.4, 0.5) is 5.69 Å². The molecule has 0 atom stereocenters. The van der Waals surface area contributed by atoms with Crippen molar-refractivity contribution in [3.8, 4) is 0 Å². The third-order valence-electron chi connectivity index (χ3n) is 1.83. The molecule has 0 unspecified atom stereocenters. The second-order valence-corrected chi connectivity index (χ2v) is 3.45. The Balaban J connectivity index is 2.88. The van der Waals surface area contributed by atoms with Crippen LogP contribution in [0.15, 0.2) is 28.9 Å². The largest absolute Gasteiger partial charge is 0.360 e. The van der Waals surface area contributed by atoms with Crippen LogP contribution < -0.4 is 0 Å². The smallest absolute Gasteiger partial charge is 0.279 e. The standard InChI is InChI=1S/C8H5BrN2O2/c9-5-4-10-6-2-1-3-7(8(5)6)11(12)13/h1-4,10H. The van der Waals surface area contributed by atoms with Crippen LogP contribution in [-0.2, 0) is 0 Å². The van der Waals surface area contributed by atoms with Crippen molar-refractivity contribution in [2.45, 2.75) is 0 Å². The summed E-state index contributed by atoms with van der Waals surface area (Å²) >= 11 is 3.25. The van der Waals surface area contributed by atoms with Crippen LogP contribution >= 0.6 is 15.9 Å². The molecule has 0 bridgehead atoms. The highest BCUT2D eigenvalue weighted by Gasteiger charge is 2.14. The Morgan fingerprint density at radius 2 is 2.23 bits per heavy atom. The lowest BCUT2D eigenvalue weighted by molar-refractivity contribution is -0.383. The molecule has 1 aromatic heterocycles. The van der Waals surface area contributed by atoms with E-state index in [-0.39, 0.29) is 10.6 Å². The molecule has 0 aliphatic heterocycles. The zero-order chi connectivity index (χ0) is 9.42. The van der Waals surface area contributed by atoms with E-state index in [0.29, 0.717) is 5.39 Å². The molecule has 2 aromatic rings. The lowest BCUT2D eigenvalue weighted by Gasteiger charge is -1.93. The topological polar surface area (TPSA) is 58.9 Å². The predicted molar refractivity (Wildman–Crippen MR) is 52.7 cm³/mol. The molecule has 66 valence electrons. The summed E-state index contributed by atoms with van der Waals surface area (Å²) in [6.07, 6.45) is 1.69. The molecule has 0 fully saturated rings. The summed E-state index contributed by atoms with van der Waals surface area (Å²) < 4.78 is 0.717. The maximum Gasteiger partial charge on any atom is 0.279 e. The summed E-state index contributed by atoms with van der Waals surface area (Å²) in [5.41, 5.74) is 0.881. The van der Waals surface area contributed by atoms with Gasteiger partial charge in [-0.25, -0.2) is 0 Å². The van der Waals surface area contributed by atoms with Gasteiger partial charge < -0.3 is 4.98 Å². The van der Waals surface area contributed by atoms with Gasteiger partial charge in [-0.05, 0) is 22.0 Å². The van der Waals surface area contributed by atoms with Crippen molar-refractivity contribution in [1.29, 1.82) is 0 Å². The first-order chi connectivity index (χ1) is 6.20. The summed E-state index contributed by atoms with van der Waals surface area (Å²) in [4.78, 5) is 13.2. The Morgan fingerprint density at radius 3 is 2.92 bits per heavy atom. The Hall–Kier alpha value is -1.36. The maximum absolute atomic E-state index is 10.6. The van der Waals surface area contributed by atoms with Gasteiger partial charge in [-0.3, -0.25) is 10.1 Å². The highest BCUT2D eigenvalue weighted by molar-refractivity contribution is 9.10. The molecule has 0 saturated carbocycles. The summed E-state index contributed by atoms with van der Waals surface area (Å²) in [5, 5.41) is 11.3. The highest BCUT2D eigenvalue weighted by Crippen LogP contribution is 2.31. The number of nitrogens with one attached hydrogen (secondary N) is 1. The number of benzene rings is 1. The van der Waals surface area contributed by atoms with Crippen LogP contribution in [0.1, 0.15) is 0 Å². The minimum absolute atomic E-state index is 0.116. The van der Waals surface area contributed by atoms with Gasteiger partial charge in [0.25, 0.3) is 5.69 Å². The van der Waals surface area contributed by atoms with E-state index in [1.807, 2.05) is 0 Å². The molecule has 2 rings (SSSR count). The van der Waals surface area contributed by atoms with E-state index >= 15 is 0 Å². The number of H-pyrrole nitrogens is 1. The lowest BCUT2D eigenvalue weighted by atomic mass is 10.2. The first-order valence-corrected chi connectivity index (χ1v) is 4.39. The van der Waals surface area contributed by atoms with Crippen LogP contribution in [0.5, 0.6) is 0 Å². The van der Waals surface area contributed by atoms with Gasteiger partial charge in [0.05, 0.1) is 15.8 Å². The van der Waals surface area contributed by atoms with Crippen molar-refractivity contribution in [1.82, 2.24) is 4.98 Å². The third-order valence-corrected chi connectivity index (χ3v) is 2.46. The first-order valence-electron chi connectivity index (χ1n) is 3.60. The van der Waals surface area contributed by atoms with E-state index in [0.717, 1.165) is 9.99 Å². The number of nitrogens with zero attached hydrogens (tertiary/aromatic N) is 1. The minimum atomic E-state index is -0.388. The molecule has 0 aliphatic carbocycles. The van der Waals surface area contributed by atoms with Crippen molar-refractivity contribution < 1.29 is 4.92 Å². The van der Waals surface area contributed by atoms with Crippen LogP contribution in [0, 0.1) is 10.1 Å². The molecule has 13 heavy (non-hydrogen) atoms. The van der Waals surface area contributed by atoms with E-state index in [4.69, 9.17) is 0 Å². The van der Waals surface area contributed by atoms with Gasteiger partial charge >= 0.3 is 0 Å². The SMILES string of the molecule is O=[N+]([O-])c1cccc2[nH]cc(Br)c12. The molecule has 0 saturated heterocycles. The summed E-state index contributed by atoms with van der Waals surface area (Å²) in [6, 6.07) is 4.94. The normalized spacial score (nSPS) is 10.5. The molecule has 0 radical (unpaired) electrons. The van der Waals surface area contributed by atoms with Crippen molar-refractivity contribution in [2.75, 3.05) is 0 Å². The molecule has 4 nitrogen and oxygen atoms in total. The van der Waals surface area contributed by atoms with E-state index < -0.39 is 0 Å². The lowest BCUT2D eigenvalue weighted by Crippen LogP contribution is -1.87. The molecule has 0 spiro atoms. The Labute approximate surface area is 81.8 Å².